The van der Waals surface area contributed by atoms with Crippen LogP contribution in [-0.4, -0.2) is 71.1 Å². The van der Waals surface area contributed by atoms with Gasteiger partial charge in [0.2, 0.25) is 0 Å². The summed E-state index contributed by atoms with van der Waals surface area (Å²) in [5.74, 6) is 1.06. The molecule has 6 rings (SSSR count). The Kier molecular flexibility index (Phi) is 9.07. The van der Waals surface area contributed by atoms with Crippen LogP contribution in [0.15, 0.2) is 92.4 Å². The maximum Gasteiger partial charge on any atom is 0.280 e. The van der Waals surface area contributed by atoms with E-state index in [1.807, 2.05) is 6.07 Å². The first kappa shape index (κ1) is 35.1. The van der Waals surface area contributed by atoms with Gasteiger partial charge in [0, 0.05) is 36.3 Å². The minimum absolute atomic E-state index is 0.0120. The van der Waals surface area contributed by atoms with E-state index in [0.717, 1.165) is 18.1 Å². The second-order valence-electron chi connectivity index (χ2n) is 12.1. The normalized spacial score (nSPS) is 11.9. The molecular weight excluding hydrogens is 697 g/mol. The van der Waals surface area contributed by atoms with E-state index in [1.54, 1.807) is 38.1 Å². The molecule has 0 aliphatic rings. The van der Waals surface area contributed by atoms with E-state index in [-0.39, 0.29) is 32.7 Å². The van der Waals surface area contributed by atoms with Crippen LogP contribution in [0.5, 0.6) is 11.5 Å². The zero-order chi connectivity index (χ0) is 36.8. The first-order valence-corrected chi connectivity index (χ1v) is 19.3. The third-order valence-electron chi connectivity index (χ3n) is 8.49. The molecule has 4 aromatic heterocycles. The van der Waals surface area contributed by atoms with Gasteiger partial charge < -0.3 is 9.84 Å². The molecule has 0 fully saturated rings. The van der Waals surface area contributed by atoms with E-state index in [0.29, 0.717) is 57.8 Å². The molecule has 0 atom stereocenters. The molecule has 0 saturated heterocycles. The number of aromatic hydroxyl groups is 1. The molecular formula is C35H34N6O8S2. The third kappa shape index (κ3) is 6.87. The zero-order valence-electron chi connectivity index (χ0n) is 28.3. The first-order chi connectivity index (χ1) is 24.1. The Hall–Kier alpha value is -5.74. The van der Waals surface area contributed by atoms with E-state index < -0.39 is 25.2 Å². The van der Waals surface area contributed by atoms with Crippen LogP contribution < -0.4 is 15.9 Å². The highest BCUT2D eigenvalue weighted by Gasteiger charge is 2.21. The Bertz CT molecular complexity index is 2640. The molecule has 6 aromatic rings. The molecule has 0 unspecified atom stereocenters. The second-order valence-corrected chi connectivity index (χ2v) is 16.2. The quantitative estimate of drug-likeness (QED) is 0.187. The van der Waals surface area contributed by atoms with Crippen molar-refractivity contribution < 1.29 is 26.7 Å². The largest absolute Gasteiger partial charge is 0.508 e. The minimum Gasteiger partial charge on any atom is -0.508 e. The fraction of sp³-hybridized carbons (Fsp3) is 0.200. The number of phenols is 1. The zero-order valence-corrected chi connectivity index (χ0v) is 29.9. The van der Waals surface area contributed by atoms with E-state index in [2.05, 4.69) is 20.2 Å². The lowest BCUT2D eigenvalue weighted by Crippen LogP contribution is -2.17. The van der Waals surface area contributed by atoms with Crippen molar-refractivity contribution >= 4 is 19.7 Å². The highest BCUT2D eigenvalue weighted by atomic mass is 32.2. The first-order valence-electron chi connectivity index (χ1n) is 15.5. The summed E-state index contributed by atoms with van der Waals surface area (Å²) in [6.45, 7) is 3.47. The van der Waals surface area contributed by atoms with E-state index in [9.17, 15) is 31.5 Å². The SMILES string of the molecule is COc1ccc(-c2c(C)[nH]n(-c3ccc(S(C)(=O)=O)cn3)c2=O)cc1CCc1[nH]n(-c2ccc(S(C)(=O)=O)cn2)c(=O)c1-c1ccc(O)c(C)c1. The number of H-pyrrole nitrogens is 2. The summed E-state index contributed by atoms with van der Waals surface area (Å²) in [4.78, 5) is 36.0. The standard InChI is InChI=1S/C35H34N6O8S2/c1-20-16-23(7-12-28(20)42)33-27(39-41(35(33)44)31-15-10-26(19-37-31)51(5,47)48)11-6-22-17-24(8-13-29(22)49-3)32-21(2)38-40(34(32)43)30-14-9-25(18-36-30)50(4,45)46/h7-10,12-19,38-39,42H,6,11H2,1-5H3. The van der Waals surface area contributed by atoms with Crippen LogP contribution in [0.1, 0.15) is 22.5 Å². The Morgan fingerprint density at radius 1 is 0.725 bits per heavy atom. The number of methoxy groups -OCH3 is 1. The van der Waals surface area contributed by atoms with Gasteiger partial charge in [-0.15, -0.1) is 0 Å². The highest BCUT2D eigenvalue weighted by molar-refractivity contribution is 7.91. The average molecular weight is 731 g/mol. The average Bonchev–Trinajstić information content (AvgIpc) is 3.58. The topological polar surface area (TPSA) is 199 Å². The molecule has 0 spiro atoms. The Morgan fingerprint density at radius 2 is 1.27 bits per heavy atom. The maximum absolute atomic E-state index is 13.9. The summed E-state index contributed by atoms with van der Waals surface area (Å²) < 4.78 is 55.9. The van der Waals surface area contributed by atoms with Gasteiger partial charge in [0.25, 0.3) is 11.1 Å². The second kappa shape index (κ2) is 13.2. The summed E-state index contributed by atoms with van der Waals surface area (Å²) >= 11 is 0. The minimum atomic E-state index is -3.50. The van der Waals surface area contributed by atoms with Crippen molar-refractivity contribution in [2.45, 2.75) is 36.5 Å². The smallest absolute Gasteiger partial charge is 0.280 e. The molecule has 14 nitrogen and oxygen atoms in total. The summed E-state index contributed by atoms with van der Waals surface area (Å²) in [6, 6.07) is 15.9. The molecule has 0 saturated carbocycles. The van der Waals surface area contributed by atoms with Crippen molar-refractivity contribution in [1.82, 2.24) is 29.5 Å². The van der Waals surface area contributed by atoms with Gasteiger partial charge in [-0.3, -0.25) is 19.8 Å². The van der Waals surface area contributed by atoms with Crippen molar-refractivity contribution in [3.05, 3.63) is 116 Å². The number of hydrogen-bond acceptors (Lipinski definition) is 10. The van der Waals surface area contributed by atoms with Gasteiger partial charge in [-0.1, -0.05) is 12.1 Å². The fourth-order valence-corrected chi connectivity index (χ4v) is 6.94. The van der Waals surface area contributed by atoms with E-state index in [4.69, 9.17) is 4.74 Å². The fourth-order valence-electron chi connectivity index (χ4n) is 5.82. The lowest BCUT2D eigenvalue weighted by Gasteiger charge is -2.11. The highest BCUT2D eigenvalue weighted by Crippen LogP contribution is 2.30. The molecule has 0 aliphatic heterocycles. The maximum atomic E-state index is 13.9. The number of ether oxygens (including phenoxy) is 1. The van der Waals surface area contributed by atoms with E-state index in [1.165, 1.54) is 59.2 Å². The van der Waals surface area contributed by atoms with Crippen LogP contribution in [0.25, 0.3) is 33.9 Å². The molecule has 264 valence electrons. The van der Waals surface area contributed by atoms with Crippen LogP contribution in [-0.2, 0) is 32.5 Å². The molecule has 16 heteroatoms. The van der Waals surface area contributed by atoms with Crippen molar-refractivity contribution in [2.24, 2.45) is 0 Å². The van der Waals surface area contributed by atoms with Crippen LogP contribution in [0, 0.1) is 13.8 Å². The van der Waals surface area contributed by atoms with Gasteiger partial charge in [0.15, 0.2) is 31.3 Å². The number of nitrogens with zero attached hydrogens (tertiary/aromatic N) is 4. The molecule has 0 amide bonds. The predicted octanol–water partition coefficient (Wildman–Crippen LogP) is 3.69. The number of aromatic amines is 2. The van der Waals surface area contributed by atoms with Gasteiger partial charge in [0.05, 0.1) is 28.0 Å². The number of pyridine rings is 2. The molecule has 0 radical (unpaired) electrons. The van der Waals surface area contributed by atoms with Crippen molar-refractivity contribution in [3.8, 4) is 45.4 Å². The lowest BCUT2D eigenvalue weighted by molar-refractivity contribution is 0.409. The number of aryl methyl sites for hydroxylation is 4. The molecule has 51 heavy (non-hydrogen) atoms. The number of aromatic nitrogens is 6. The van der Waals surface area contributed by atoms with Crippen LogP contribution in [0.2, 0.25) is 0 Å². The number of sulfone groups is 2. The summed E-state index contributed by atoms with van der Waals surface area (Å²) in [5, 5.41) is 16.3. The third-order valence-corrected chi connectivity index (χ3v) is 10.7. The Morgan fingerprint density at radius 3 is 1.80 bits per heavy atom. The number of hydrogen-bond donors (Lipinski definition) is 3. The summed E-state index contributed by atoms with van der Waals surface area (Å²) in [6.07, 6.45) is 5.22. The number of benzene rings is 2. The van der Waals surface area contributed by atoms with Gasteiger partial charge in [0.1, 0.15) is 11.5 Å². The lowest BCUT2D eigenvalue weighted by atomic mass is 9.97. The van der Waals surface area contributed by atoms with Gasteiger partial charge >= 0.3 is 0 Å². The molecule has 3 N–H and O–H groups in total. The van der Waals surface area contributed by atoms with Crippen LogP contribution in [0.3, 0.4) is 0 Å². The molecule has 0 bridgehead atoms. The van der Waals surface area contributed by atoms with Crippen LogP contribution >= 0.6 is 0 Å². The van der Waals surface area contributed by atoms with Gasteiger partial charge in [-0.05, 0) is 97.5 Å². The van der Waals surface area contributed by atoms with Crippen molar-refractivity contribution in [3.63, 3.8) is 0 Å². The summed E-state index contributed by atoms with van der Waals surface area (Å²) in [7, 11) is -5.43. The van der Waals surface area contributed by atoms with Crippen molar-refractivity contribution in [2.75, 3.05) is 19.6 Å². The molecule has 2 aromatic carbocycles. The number of phenolic OH excluding ortho intramolecular Hbond substituents is 1. The van der Waals surface area contributed by atoms with Gasteiger partial charge in [-0.25, -0.2) is 36.2 Å². The Labute approximate surface area is 292 Å². The summed E-state index contributed by atoms with van der Waals surface area (Å²) in [5.41, 5.74) is 3.53. The number of rotatable bonds is 10. The molecule has 0 aliphatic carbocycles. The number of nitrogens with one attached hydrogen (secondary N) is 2. The van der Waals surface area contributed by atoms with E-state index >= 15 is 0 Å². The predicted molar refractivity (Wildman–Crippen MR) is 191 cm³/mol. The molecule has 4 heterocycles. The van der Waals surface area contributed by atoms with Crippen LogP contribution in [0.4, 0.5) is 0 Å². The van der Waals surface area contributed by atoms with Crippen molar-refractivity contribution in [1.29, 1.82) is 0 Å². The van der Waals surface area contributed by atoms with Gasteiger partial charge in [-0.2, -0.15) is 0 Å². The Balaban J connectivity index is 1.38. The monoisotopic (exact) mass is 730 g/mol.